The van der Waals surface area contributed by atoms with Crippen LogP contribution in [0.3, 0.4) is 0 Å². The molecule has 0 spiro atoms. The molecule has 1 heterocycles. The van der Waals surface area contributed by atoms with Crippen LogP contribution in [0.1, 0.15) is 47.7 Å². The van der Waals surface area contributed by atoms with Crippen molar-refractivity contribution >= 4 is 40.7 Å². The van der Waals surface area contributed by atoms with Gasteiger partial charge in [-0.2, -0.15) is 0 Å². The van der Waals surface area contributed by atoms with Crippen LogP contribution in [0.4, 0.5) is 5.69 Å². The summed E-state index contributed by atoms with van der Waals surface area (Å²) in [4.78, 5) is 26.1. The van der Waals surface area contributed by atoms with Gasteiger partial charge < -0.3 is 10.6 Å². The Kier molecular flexibility index (Phi) is 8.19. The highest BCUT2D eigenvalue weighted by Crippen LogP contribution is 2.44. The van der Waals surface area contributed by atoms with Crippen LogP contribution in [0, 0.1) is 5.41 Å². The fourth-order valence-corrected chi connectivity index (χ4v) is 5.76. The topological polar surface area (TPSA) is 102 Å². The molecule has 1 aliphatic carbocycles. The fraction of sp³-hybridized carbons (Fsp3) is 0.300. The minimum Gasteiger partial charge on any atom is -0.353 e. The highest BCUT2D eigenvalue weighted by molar-refractivity contribution is 6.40. The van der Waals surface area contributed by atoms with Gasteiger partial charge in [-0.05, 0) is 84.5 Å². The van der Waals surface area contributed by atoms with Crippen LogP contribution in [0.25, 0.3) is 11.4 Å². The highest BCUT2D eigenvalue weighted by Gasteiger charge is 2.44. The molecular formula is C30H30Cl2N6O2. The van der Waals surface area contributed by atoms with Crippen LogP contribution in [0.15, 0.2) is 66.7 Å². The van der Waals surface area contributed by atoms with Crippen molar-refractivity contribution < 1.29 is 9.59 Å². The first-order valence-electron chi connectivity index (χ1n) is 13.2. The Morgan fingerprint density at radius 2 is 1.70 bits per heavy atom. The van der Waals surface area contributed by atoms with Crippen molar-refractivity contribution in [3.05, 3.63) is 93.5 Å². The monoisotopic (exact) mass is 576 g/mol. The smallest absolute Gasteiger partial charge is 0.258 e. The van der Waals surface area contributed by atoms with Gasteiger partial charge in [-0.3, -0.25) is 9.59 Å². The average molecular weight is 578 g/mol. The molecule has 0 bridgehead atoms. The second-order valence-electron chi connectivity index (χ2n) is 10.5. The first-order chi connectivity index (χ1) is 19.2. The number of carbonyl (C=O) groups is 2. The molecule has 1 unspecified atom stereocenters. The molecule has 8 nitrogen and oxygen atoms in total. The lowest BCUT2D eigenvalue weighted by molar-refractivity contribution is -0.136. The molecule has 0 radical (unpaired) electrons. The highest BCUT2D eigenvalue weighted by atomic mass is 35.5. The zero-order valence-electron chi connectivity index (χ0n) is 22.3. The van der Waals surface area contributed by atoms with Gasteiger partial charge >= 0.3 is 0 Å². The number of nitrogens with zero attached hydrogens (tertiary/aromatic N) is 4. The molecule has 1 fully saturated rings. The molecular weight excluding hydrogens is 547 g/mol. The van der Waals surface area contributed by atoms with E-state index in [1.165, 1.54) is 0 Å². The molecule has 10 heteroatoms. The SMILES string of the molecule is CC(Cc1ccc(NC(=O)c2c(Cl)cccc2Cl)cc1)NC(=O)C1(Cc2cccc(-c3nnnn3C)c2)CCC1. The lowest BCUT2D eigenvalue weighted by atomic mass is 9.64. The van der Waals surface area contributed by atoms with Gasteiger partial charge in [-0.15, -0.1) is 5.10 Å². The van der Waals surface area contributed by atoms with E-state index in [1.54, 1.807) is 22.9 Å². The number of hydrogen-bond acceptors (Lipinski definition) is 5. The third kappa shape index (κ3) is 6.03. The van der Waals surface area contributed by atoms with Crippen LogP contribution in [-0.4, -0.2) is 38.1 Å². The first-order valence-corrected chi connectivity index (χ1v) is 14.0. The number of benzene rings is 3. The zero-order valence-corrected chi connectivity index (χ0v) is 23.8. The van der Waals surface area contributed by atoms with Crippen molar-refractivity contribution in [3.63, 3.8) is 0 Å². The van der Waals surface area contributed by atoms with Crippen LogP contribution in [0.2, 0.25) is 10.0 Å². The molecule has 40 heavy (non-hydrogen) atoms. The second-order valence-corrected chi connectivity index (χ2v) is 11.3. The maximum atomic E-state index is 13.5. The lowest BCUT2D eigenvalue weighted by Gasteiger charge is -2.41. The van der Waals surface area contributed by atoms with Crippen LogP contribution < -0.4 is 10.6 Å². The maximum absolute atomic E-state index is 13.5. The molecule has 1 atom stereocenters. The summed E-state index contributed by atoms with van der Waals surface area (Å²) in [6, 6.07) is 20.5. The predicted molar refractivity (Wildman–Crippen MR) is 156 cm³/mol. The van der Waals surface area contributed by atoms with E-state index in [2.05, 4.69) is 38.3 Å². The molecule has 1 aromatic heterocycles. The van der Waals surface area contributed by atoms with Crippen LogP contribution in [0.5, 0.6) is 0 Å². The quantitative estimate of drug-likeness (QED) is 0.258. The molecule has 0 aliphatic heterocycles. The maximum Gasteiger partial charge on any atom is 0.258 e. The van der Waals surface area contributed by atoms with Gasteiger partial charge in [0.25, 0.3) is 5.91 Å². The molecule has 206 valence electrons. The summed E-state index contributed by atoms with van der Waals surface area (Å²) < 4.78 is 1.64. The van der Waals surface area contributed by atoms with E-state index < -0.39 is 5.41 Å². The number of anilines is 1. The van der Waals surface area contributed by atoms with Gasteiger partial charge in [0.15, 0.2) is 5.82 Å². The van der Waals surface area contributed by atoms with Gasteiger partial charge in [0, 0.05) is 24.3 Å². The summed E-state index contributed by atoms with van der Waals surface area (Å²) in [5.74, 6) is 0.423. The summed E-state index contributed by atoms with van der Waals surface area (Å²) in [6.07, 6.45) is 4.12. The minimum atomic E-state index is -0.404. The van der Waals surface area contributed by atoms with Crippen molar-refractivity contribution in [1.29, 1.82) is 0 Å². The molecule has 2 N–H and O–H groups in total. The Labute approximate surface area is 243 Å². The lowest BCUT2D eigenvalue weighted by Crippen LogP contribution is -2.50. The van der Waals surface area contributed by atoms with Crippen molar-refractivity contribution in [1.82, 2.24) is 25.5 Å². The van der Waals surface area contributed by atoms with Crippen LogP contribution in [-0.2, 0) is 24.7 Å². The largest absolute Gasteiger partial charge is 0.353 e. The number of tetrazole rings is 1. The minimum absolute atomic E-state index is 0.0524. The fourth-order valence-electron chi connectivity index (χ4n) is 5.19. The van der Waals surface area contributed by atoms with Gasteiger partial charge in [-0.1, -0.05) is 66.0 Å². The summed E-state index contributed by atoms with van der Waals surface area (Å²) in [6.45, 7) is 2.01. The molecule has 3 aromatic carbocycles. The number of halogens is 2. The van der Waals surface area contributed by atoms with Gasteiger partial charge in [-0.25, -0.2) is 4.68 Å². The average Bonchev–Trinajstić information content (AvgIpc) is 3.33. The van der Waals surface area contributed by atoms with E-state index in [0.29, 0.717) is 34.4 Å². The second kappa shape index (κ2) is 11.8. The van der Waals surface area contributed by atoms with Gasteiger partial charge in [0.1, 0.15) is 0 Å². The number of nitrogens with one attached hydrogen (secondary N) is 2. The molecule has 1 aliphatic rings. The number of aryl methyl sites for hydroxylation is 1. The molecule has 4 aromatic rings. The summed E-state index contributed by atoms with van der Waals surface area (Å²) in [5, 5.41) is 18.4. The standard InChI is InChI=1S/C30H30Cl2N6O2/c1-19(16-20-10-12-23(13-11-20)34-28(39)26-24(31)8-4-9-25(26)32)33-29(40)30(14-5-15-30)18-21-6-3-7-22(17-21)27-35-36-37-38(27)2/h3-4,6-13,17,19H,5,14-16,18H2,1-2H3,(H,33,40)(H,34,39). The zero-order chi connectivity index (χ0) is 28.3. The van der Waals surface area contributed by atoms with Gasteiger partial charge in [0.05, 0.1) is 21.0 Å². The van der Waals surface area contributed by atoms with E-state index in [1.807, 2.05) is 50.4 Å². The van der Waals surface area contributed by atoms with E-state index in [-0.39, 0.29) is 23.4 Å². The Balaban J connectivity index is 1.19. The summed E-state index contributed by atoms with van der Waals surface area (Å²) in [7, 11) is 1.81. The number of hydrogen-bond donors (Lipinski definition) is 2. The summed E-state index contributed by atoms with van der Waals surface area (Å²) in [5.41, 5.74) is 3.55. The van der Waals surface area contributed by atoms with E-state index >= 15 is 0 Å². The predicted octanol–water partition coefficient (Wildman–Crippen LogP) is 5.90. The molecule has 2 amide bonds. The summed E-state index contributed by atoms with van der Waals surface area (Å²) >= 11 is 12.3. The molecule has 5 rings (SSSR count). The molecule has 0 saturated heterocycles. The van der Waals surface area contributed by atoms with Crippen molar-refractivity contribution in [2.24, 2.45) is 12.5 Å². The Bertz CT molecular complexity index is 1510. The van der Waals surface area contributed by atoms with Crippen molar-refractivity contribution in [2.45, 2.75) is 45.1 Å². The van der Waals surface area contributed by atoms with E-state index in [0.717, 1.165) is 36.0 Å². The Hall–Kier alpha value is -3.75. The Morgan fingerprint density at radius 1 is 1.00 bits per heavy atom. The Morgan fingerprint density at radius 3 is 2.33 bits per heavy atom. The van der Waals surface area contributed by atoms with Gasteiger partial charge in [0.2, 0.25) is 5.91 Å². The number of amides is 2. The van der Waals surface area contributed by atoms with Crippen molar-refractivity contribution in [3.8, 4) is 11.4 Å². The van der Waals surface area contributed by atoms with Crippen LogP contribution >= 0.6 is 23.2 Å². The number of rotatable bonds is 9. The van der Waals surface area contributed by atoms with E-state index in [9.17, 15) is 9.59 Å². The number of carbonyl (C=O) groups excluding carboxylic acids is 2. The van der Waals surface area contributed by atoms with Crippen molar-refractivity contribution in [2.75, 3.05) is 5.32 Å². The first kappa shape index (κ1) is 27.8. The van der Waals surface area contributed by atoms with E-state index in [4.69, 9.17) is 23.2 Å². The third-order valence-electron chi connectivity index (χ3n) is 7.46. The third-order valence-corrected chi connectivity index (χ3v) is 8.09. The number of aromatic nitrogens is 4. The molecule has 1 saturated carbocycles. The normalized spacial score (nSPS) is 14.7.